The number of Topliss-reactive ketones (excluding diaryl/α,β-unsaturated/α-hetero) is 2. The van der Waals surface area contributed by atoms with Crippen LogP contribution in [-0.4, -0.2) is 49.8 Å². The average Bonchev–Trinajstić information content (AvgIpc) is 3.13. The fourth-order valence-electron chi connectivity index (χ4n) is 2.08. The van der Waals surface area contributed by atoms with Gasteiger partial charge in [0.05, 0.1) is 5.92 Å². The Morgan fingerprint density at radius 2 is 1.42 bits per heavy atom. The van der Waals surface area contributed by atoms with Gasteiger partial charge < -0.3 is 15.4 Å². The van der Waals surface area contributed by atoms with Crippen LogP contribution in [0.2, 0.25) is 0 Å². The fraction of sp³-hybridized carbons (Fsp3) is 0.769. The molecule has 1 fully saturated rings. The number of ketones is 2. The van der Waals surface area contributed by atoms with Crippen LogP contribution in [0.1, 0.15) is 26.7 Å². The summed E-state index contributed by atoms with van der Waals surface area (Å²) in [5.74, 6) is -0.736. The lowest BCUT2D eigenvalue weighted by molar-refractivity contribution is -0.155. The van der Waals surface area contributed by atoms with Crippen molar-refractivity contribution in [3.63, 3.8) is 0 Å². The highest BCUT2D eigenvalue weighted by molar-refractivity contribution is 5.87. The molecule has 1 saturated carbocycles. The number of esters is 1. The van der Waals surface area contributed by atoms with Crippen molar-refractivity contribution >= 4 is 17.5 Å². The van der Waals surface area contributed by atoms with Crippen molar-refractivity contribution in [2.45, 2.75) is 44.9 Å². The molecule has 6 nitrogen and oxygen atoms in total. The first-order valence-corrected chi connectivity index (χ1v) is 6.48. The first kappa shape index (κ1) is 15.8. The molecule has 0 heterocycles. The van der Waals surface area contributed by atoms with Crippen molar-refractivity contribution in [2.24, 2.45) is 5.92 Å². The zero-order chi connectivity index (χ0) is 14.6. The third-order valence-corrected chi connectivity index (χ3v) is 3.32. The third kappa shape index (κ3) is 4.11. The molecule has 2 atom stereocenters. The van der Waals surface area contributed by atoms with E-state index in [0.29, 0.717) is 0 Å². The highest BCUT2D eigenvalue weighted by Gasteiger charge is 2.40. The van der Waals surface area contributed by atoms with E-state index in [0.717, 1.165) is 12.8 Å². The predicted octanol–water partition coefficient (Wildman–Crippen LogP) is -0.338. The second-order valence-electron chi connectivity index (χ2n) is 4.93. The monoisotopic (exact) mass is 270 g/mol. The highest BCUT2D eigenvalue weighted by atomic mass is 16.5. The van der Waals surface area contributed by atoms with Crippen LogP contribution in [-0.2, 0) is 19.1 Å². The molecule has 0 aromatic heterocycles. The molecule has 0 saturated heterocycles. The summed E-state index contributed by atoms with van der Waals surface area (Å²) < 4.78 is 5.40. The predicted molar refractivity (Wildman–Crippen MR) is 69.7 cm³/mol. The van der Waals surface area contributed by atoms with E-state index in [-0.39, 0.29) is 23.5 Å². The van der Waals surface area contributed by atoms with Crippen LogP contribution in [0, 0.1) is 5.92 Å². The maximum atomic E-state index is 11.8. The van der Waals surface area contributed by atoms with Gasteiger partial charge in [0, 0.05) is 0 Å². The van der Waals surface area contributed by atoms with E-state index < -0.39 is 18.2 Å². The largest absolute Gasteiger partial charge is 0.458 e. The lowest BCUT2D eigenvalue weighted by atomic mass is 9.97. The van der Waals surface area contributed by atoms with Crippen molar-refractivity contribution < 1.29 is 19.1 Å². The molecule has 2 unspecified atom stereocenters. The van der Waals surface area contributed by atoms with Crippen molar-refractivity contribution in [3.8, 4) is 0 Å². The van der Waals surface area contributed by atoms with E-state index in [2.05, 4.69) is 10.6 Å². The number of carbonyl (C=O) groups is 3. The van der Waals surface area contributed by atoms with Gasteiger partial charge in [-0.1, -0.05) is 0 Å². The summed E-state index contributed by atoms with van der Waals surface area (Å²) in [6.45, 7) is 2.82. The summed E-state index contributed by atoms with van der Waals surface area (Å²) >= 11 is 0. The zero-order valence-electron chi connectivity index (χ0n) is 11.9. The van der Waals surface area contributed by atoms with E-state index in [9.17, 15) is 14.4 Å². The molecule has 0 aromatic rings. The normalized spacial score (nSPS) is 19.4. The number of rotatable bonds is 8. The van der Waals surface area contributed by atoms with E-state index in [1.165, 1.54) is 13.8 Å². The summed E-state index contributed by atoms with van der Waals surface area (Å²) in [6, 6.07) is -1.38. The van der Waals surface area contributed by atoms with Gasteiger partial charge in [-0.2, -0.15) is 0 Å². The Hall–Kier alpha value is -1.27. The van der Waals surface area contributed by atoms with Gasteiger partial charge in [0.2, 0.25) is 0 Å². The molecule has 1 aliphatic carbocycles. The molecule has 1 rings (SSSR count). The fourth-order valence-corrected chi connectivity index (χ4v) is 2.08. The Morgan fingerprint density at radius 1 is 1.00 bits per heavy atom. The summed E-state index contributed by atoms with van der Waals surface area (Å²) in [6.07, 6.45) is 0.818. The summed E-state index contributed by atoms with van der Waals surface area (Å²) in [4.78, 5) is 35.1. The minimum absolute atomic E-state index is 0.0728. The van der Waals surface area contributed by atoms with E-state index >= 15 is 0 Å². The van der Waals surface area contributed by atoms with Crippen molar-refractivity contribution in [2.75, 3.05) is 14.1 Å². The lowest BCUT2D eigenvalue weighted by Crippen LogP contribution is -2.57. The van der Waals surface area contributed by atoms with Gasteiger partial charge in [0.1, 0.15) is 18.2 Å². The molecule has 0 spiro atoms. The smallest absolute Gasteiger partial charge is 0.309 e. The highest BCUT2D eigenvalue weighted by Crippen LogP contribution is 2.31. The molecular formula is C13H22N2O4. The second kappa shape index (κ2) is 6.77. The van der Waals surface area contributed by atoms with Crippen LogP contribution in [0.4, 0.5) is 0 Å². The Labute approximate surface area is 113 Å². The molecular weight excluding hydrogens is 248 g/mol. The van der Waals surface area contributed by atoms with Gasteiger partial charge >= 0.3 is 5.97 Å². The summed E-state index contributed by atoms with van der Waals surface area (Å²) in [7, 11) is 3.22. The Balaban J connectivity index is 2.89. The van der Waals surface area contributed by atoms with Crippen LogP contribution >= 0.6 is 0 Å². The molecule has 6 heteroatoms. The summed E-state index contributed by atoms with van der Waals surface area (Å²) in [5.41, 5.74) is 0. The number of hydrogen-bond donors (Lipinski definition) is 2. The van der Waals surface area contributed by atoms with Gasteiger partial charge in [-0.05, 0) is 40.8 Å². The maximum absolute atomic E-state index is 11.8. The average molecular weight is 270 g/mol. The number of ether oxygens (including phenoxy) is 1. The molecule has 0 bridgehead atoms. The molecule has 2 N–H and O–H groups in total. The lowest BCUT2D eigenvalue weighted by Gasteiger charge is -2.30. The number of hydrogen-bond acceptors (Lipinski definition) is 6. The van der Waals surface area contributed by atoms with Crippen LogP contribution in [0.3, 0.4) is 0 Å². The third-order valence-electron chi connectivity index (χ3n) is 3.32. The Bertz CT molecular complexity index is 344. The number of likely N-dealkylation sites (N-methyl/N-ethyl adjacent to an activating group) is 2. The van der Waals surface area contributed by atoms with Crippen LogP contribution in [0.25, 0.3) is 0 Å². The van der Waals surface area contributed by atoms with Gasteiger partial charge in [0.25, 0.3) is 0 Å². The van der Waals surface area contributed by atoms with Gasteiger partial charge in [0.15, 0.2) is 11.6 Å². The van der Waals surface area contributed by atoms with Crippen LogP contribution < -0.4 is 10.6 Å². The van der Waals surface area contributed by atoms with E-state index in [1.807, 2.05) is 0 Å². The van der Waals surface area contributed by atoms with Crippen molar-refractivity contribution in [1.82, 2.24) is 10.6 Å². The van der Waals surface area contributed by atoms with E-state index in [1.54, 1.807) is 14.1 Å². The zero-order valence-corrected chi connectivity index (χ0v) is 11.9. The minimum Gasteiger partial charge on any atom is -0.458 e. The molecule has 0 radical (unpaired) electrons. The van der Waals surface area contributed by atoms with Crippen LogP contribution in [0.5, 0.6) is 0 Å². The molecule has 1 aliphatic rings. The first-order chi connectivity index (χ1) is 8.92. The minimum atomic E-state index is -0.821. The summed E-state index contributed by atoms with van der Waals surface area (Å²) in [5, 5.41) is 5.63. The Morgan fingerprint density at radius 3 is 1.68 bits per heavy atom. The molecule has 19 heavy (non-hydrogen) atoms. The van der Waals surface area contributed by atoms with Crippen molar-refractivity contribution in [1.29, 1.82) is 0 Å². The quantitative estimate of drug-likeness (QED) is 0.587. The second-order valence-corrected chi connectivity index (χ2v) is 4.93. The SMILES string of the molecule is CNC(C(C)=O)C(OC(=O)C1CC1)C(NC)C(C)=O. The maximum Gasteiger partial charge on any atom is 0.309 e. The molecule has 0 aromatic carbocycles. The standard InChI is InChI=1S/C13H22N2O4/c1-7(16)10(14-3)12(11(15-4)8(2)17)19-13(18)9-5-6-9/h9-12,14-15H,5-6H2,1-4H3. The van der Waals surface area contributed by atoms with Gasteiger partial charge in [-0.15, -0.1) is 0 Å². The first-order valence-electron chi connectivity index (χ1n) is 6.48. The van der Waals surface area contributed by atoms with Crippen molar-refractivity contribution in [3.05, 3.63) is 0 Å². The van der Waals surface area contributed by atoms with Crippen LogP contribution in [0.15, 0.2) is 0 Å². The van der Waals surface area contributed by atoms with E-state index in [4.69, 9.17) is 4.74 Å². The van der Waals surface area contributed by atoms with Gasteiger partial charge in [-0.3, -0.25) is 14.4 Å². The number of carbonyl (C=O) groups excluding carboxylic acids is 3. The topological polar surface area (TPSA) is 84.5 Å². The molecule has 0 aliphatic heterocycles. The molecule has 108 valence electrons. The molecule has 0 amide bonds. The van der Waals surface area contributed by atoms with Gasteiger partial charge in [-0.25, -0.2) is 0 Å². The number of nitrogens with one attached hydrogen (secondary N) is 2. The Kier molecular flexibility index (Phi) is 5.62.